The van der Waals surface area contributed by atoms with Crippen LogP contribution in [0.3, 0.4) is 0 Å². The summed E-state index contributed by atoms with van der Waals surface area (Å²) in [6, 6.07) is 0. The molecule has 0 fully saturated rings. The molecule has 0 aliphatic carbocycles. The Balaban J connectivity index is 3.03. The van der Waals surface area contributed by atoms with Gasteiger partial charge >= 0.3 is 11.7 Å². The van der Waals surface area contributed by atoms with Crippen LogP contribution in [0.2, 0.25) is 0 Å². The fourth-order valence-corrected chi connectivity index (χ4v) is 2.02. The maximum absolute atomic E-state index is 11.6. The highest BCUT2D eigenvalue weighted by Gasteiger charge is 2.24. The van der Waals surface area contributed by atoms with Crippen LogP contribution in [0.25, 0.3) is 0 Å². The van der Waals surface area contributed by atoms with Crippen LogP contribution in [0.15, 0.2) is 9.95 Å². The van der Waals surface area contributed by atoms with Crippen molar-refractivity contribution in [2.24, 2.45) is 0 Å². The molecule has 1 heterocycles. The molecule has 0 aliphatic rings. The van der Waals surface area contributed by atoms with Crippen LogP contribution in [0.5, 0.6) is 0 Å². The van der Waals surface area contributed by atoms with Gasteiger partial charge in [0.05, 0.1) is 5.75 Å². The molecule has 0 atom stereocenters. The number of thioether (sulfide) groups is 1. The van der Waals surface area contributed by atoms with Crippen LogP contribution < -0.4 is 5.69 Å². The summed E-state index contributed by atoms with van der Waals surface area (Å²) in [5.74, 6) is -1.04. The lowest BCUT2D eigenvalue weighted by atomic mass is 10.0. The predicted octanol–water partition coefficient (Wildman–Crippen LogP) is 0.893. The van der Waals surface area contributed by atoms with E-state index >= 15 is 0 Å². The summed E-state index contributed by atoms with van der Waals surface area (Å²) in [6.45, 7) is 5.79. The molecule has 0 aliphatic heterocycles. The van der Waals surface area contributed by atoms with Gasteiger partial charge in [-0.25, -0.2) is 9.89 Å². The summed E-state index contributed by atoms with van der Waals surface area (Å²) in [4.78, 5) is 22.0. The first-order chi connectivity index (χ1) is 7.38. The van der Waals surface area contributed by atoms with Crippen molar-refractivity contribution in [1.82, 2.24) is 14.8 Å². The van der Waals surface area contributed by atoms with Gasteiger partial charge in [0.15, 0.2) is 5.16 Å². The fraction of sp³-hybridized carbons (Fsp3) is 0.667. The molecule has 0 aromatic carbocycles. The Morgan fingerprint density at radius 1 is 1.62 bits per heavy atom. The van der Waals surface area contributed by atoms with E-state index in [0.29, 0.717) is 5.16 Å². The molecule has 0 saturated heterocycles. The molecule has 0 saturated carbocycles. The second-order valence-electron chi connectivity index (χ2n) is 4.00. The summed E-state index contributed by atoms with van der Waals surface area (Å²) in [5, 5.41) is 15.2. The third kappa shape index (κ3) is 2.66. The molecular weight excluding hydrogens is 230 g/mol. The molecule has 7 heteroatoms. The van der Waals surface area contributed by atoms with Crippen molar-refractivity contribution in [3.63, 3.8) is 0 Å². The lowest BCUT2D eigenvalue weighted by molar-refractivity contribution is -0.133. The topological polar surface area (TPSA) is 88.0 Å². The molecule has 0 unspecified atom stereocenters. The number of hydrogen-bond donors (Lipinski definition) is 2. The van der Waals surface area contributed by atoms with E-state index in [0.717, 1.165) is 18.2 Å². The first-order valence-corrected chi connectivity index (χ1v) is 5.89. The van der Waals surface area contributed by atoms with Crippen molar-refractivity contribution in [2.75, 3.05) is 5.75 Å². The van der Waals surface area contributed by atoms with E-state index in [-0.39, 0.29) is 17.0 Å². The number of aromatic nitrogens is 3. The van der Waals surface area contributed by atoms with E-state index in [4.69, 9.17) is 5.11 Å². The third-order valence-corrected chi connectivity index (χ3v) is 3.36. The molecule has 6 nitrogen and oxygen atoms in total. The molecule has 1 rings (SSSR count). The summed E-state index contributed by atoms with van der Waals surface area (Å²) in [5.41, 5.74) is -0.676. The van der Waals surface area contributed by atoms with Gasteiger partial charge in [-0.15, -0.1) is 5.10 Å². The van der Waals surface area contributed by atoms with Crippen LogP contribution in [0.4, 0.5) is 0 Å². The SMILES string of the molecule is CCC(C)(C)n1c(SCC(=O)O)n[nH]c1=O. The highest BCUT2D eigenvalue weighted by molar-refractivity contribution is 7.99. The zero-order valence-corrected chi connectivity index (χ0v) is 10.3. The van der Waals surface area contributed by atoms with Gasteiger partial charge in [-0.05, 0) is 20.3 Å². The van der Waals surface area contributed by atoms with Crippen molar-refractivity contribution < 1.29 is 9.90 Å². The minimum Gasteiger partial charge on any atom is -0.481 e. The van der Waals surface area contributed by atoms with E-state index in [9.17, 15) is 9.59 Å². The van der Waals surface area contributed by atoms with Gasteiger partial charge in [-0.3, -0.25) is 9.36 Å². The lowest BCUT2D eigenvalue weighted by Gasteiger charge is -2.24. The number of nitrogens with zero attached hydrogens (tertiary/aromatic N) is 2. The van der Waals surface area contributed by atoms with E-state index in [1.54, 1.807) is 0 Å². The number of carboxylic acid groups (broad SMARTS) is 1. The Hall–Kier alpha value is -1.24. The van der Waals surface area contributed by atoms with Gasteiger partial charge in [0.2, 0.25) is 0 Å². The smallest absolute Gasteiger partial charge is 0.344 e. The number of hydrogen-bond acceptors (Lipinski definition) is 4. The molecule has 1 aromatic rings. The lowest BCUT2D eigenvalue weighted by Crippen LogP contribution is -2.34. The number of rotatable bonds is 5. The minimum atomic E-state index is -0.929. The Morgan fingerprint density at radius 2 is 2.25 bits per heavy atom. The van der Waals surface area contributed by atoms with Gasteiger partial charge in [-0.1, -0.05) is 18.7 Å². The maximum atomic E-state index is 11.6. The number of H-pyrrole nitrogens is 1. The van der Waals surface area contributed by atoms with Crippen molar-refractivity contribution in [3.8, 4) is 0 Å². The van der Waals surface area contributed by atoms with Crippen LogP contribution >= 0.6 is 11.8 Å². The number of nitrogens with one attached hydrogen (secondary N) is 1. The monoisotopic (exact) mass is 245 g/mol. The molecule has 1 aromatic heterocycles. The summed E-state index contributed by atoms with van der Waals surface area (Å²) in [7, 11) is 0. The molecule has 0 bridgehead atoms. The Labute approximate surface area is 97.1 Å². The van der Waals surface area contributed by atoms with Crippen molar-refractivity contribution in [1.29, 1.82) is 0 Å². The molecule has 90 valence electrons. The molecule has 16 heavy (non-hydrogen) atoms. The van der Waals surface area contributed by atoms with Gasteiger partial charge in [-0.2, -0.15) is 0 Å². The minimum absolute atomic E-state index is 0.107. The number of carboxylic acids is 1. The second kappa shape index (κ2) is 4.73. The van der Waals surface area contributed by atoms with Crippen molar-refractivity contribution >= 4 is 17.7 Å². The molecule has 0 amide bonds. The average Bonchev–Trinajstić information content (AvgIpc) is 2.57. The predicted molar refractivity (Wildman–Crippen MR) is 60.8 cm³/mol. The summed E-state index contributed by atoms with van der Waals surface area (Å²) in [6.07, 6.45) is 0.757. The first kappa shape index (κ1) is 12.8. The van der Waals surface area contributed by atoms with Gasteiger partial charge < -0.3 is 5.11 Å². The summed E-state index contributed by atoms with van der Waals surface area (Å²) >= 11 is 1.04. The van der Waals surface area contributed by atoms with Crippen molar-refractivity contribution in [3.05, 3.63) is 10.5 Å². The van der Waals surface area contributed by atoms with Gasteiger partial charge in [0, 0.05) is 5.54 Å². The average molecular weight is 245 g/mol. The number of aromatic amines is 1. The van der Waals surface area contributed by atoms with E-state index in [1.165, 1.54) is 4.57 Å². The molecule has 0 radical (unpaired) electrons. The summed E-state index contributed by atoms with van der Waals surface area (Å²) < 4.78 is 1.50. The quantitative estimate of drug-likeness (QED) is 0.752. The highest BCUT2D eigenvalue weighted by Crippen LogP contribution is 2.23. The van der Waals surface area contributed by atoms with Gasteiger partial charge in [0.1, 0.15) is 0 Å². The Kier molecular flexibility index (Phi) is 3.79. The second-order valence-corrected chi connectivity index (χ2v) is 4.94. The molecule has 0 spiro atoms. The van der Waals surface area contributed by atoms with Crippen LogP contribution in [0.1, 0.15) is 27.2 Å². The zero-order chi connectivity index (χ0) is 12.3. The largest absolute Gasteiger partial charge is 0.481 e. The Bertz CT molecular complexity index is 435. The number of aliphatic carboxylic acids is 1. The van der Waals surface area contributed by atoms with E-state index < -0.39 is 5.97 Å². The van der Waals surface area contributed by atoms with E-state index in [1.807, 2.05) is 20.8 Å². The van der Waals surface area contributed by atoms with Crippen LogP contribution in [0, 0.1) is 0 Å². The first-order valence-electron chi connectivity index (χ1n) is 4.91. The molecular formula is C9H15N3O3S. The van der Waals surface area contributed by atoms with Crippen LogP contribution in [-0.4, -0.2) is 31.6 Å². The highest BCUT2D eigenvalue weighted by atomic mass is 32.2. The van der Waals surface area contributed by atoms with E-state index in [2.05, 4.69) is 10.2 Å². The normalized spacial score (nSPS) is 11.7. The number of carbonyl (C=O) groups is 1. The third-order valence-electron chi connectivity index (χ3n) is 2.44. The fourth-order valence-electron chi connectivity index (χ4n) is 1.20. The standard InChI is InChI=1S/C9H15N3O3S/c1-4-9(2,3)12-7(15)10-11-8(12)16-5-6(13)14/h4-5H2,1-3H3,(H,10,15)(H,13,14). The Morgan fingerprint density at radius 3 is 2.75 bits per heavy atom. The van der Waals surface area contributed by atoms with Crippen LogP contribution in [-0.2, 0) is 10.3 Å². The maximum Gasteiger partial charge on any atom is 0.344 e. The van der Waals surface area contributed by atoms with Crippen molar-refractivity contribution in [2.45, 2.75) is 37.9 Å². The molecule has 2 N–H and O–H groups in total. The van der Waals surface area contributed by atoms with Gasteiger partial charge in [0.25, 0.3) is 0 Å². The zero-order valence-electron chi connectivity index (χ0n) is 9.48.